The molecule has 1 amide bonds. The van der Waals surface area contributed by atoms with Gasteiger partial charge < -0.3 is 5.32 Å². The monoisotopic (exact) mass is 360 g/mol. The number of amides is 1. The molecule has 1 N–H and O–H groups in total. The zero-order valence-corrected chi connectivity index (χ0v) is 15.8. The van der Waals surface area contributed by atoms with Crippen LogP contribution in [0.4, 0.5) is 0 Å². The second kappa shape index (κ2) is 7.80. The Balaban J connectivity index is 2.08. The lowest BCUT2D eigenvalue weighted by Gasteiger charge is -2.21. The van der Waals surface area contributed by atoms with E-state index in [2.05, 4.69) is 5.32 Å². The van der Waals surface area contributed by atoms with Crippen LogP contribution in [0.2, 0.25) is 0 Å². The van der Waals surface area contributed by atoms with Crippen LogP contribution in [0.5, 0.6) is 0 Å². The molecule has 25 heavy (non-hydrogen) atoms. The van der Waals surface area contributed by atoms with Crippen LogP contribution in [0.15, 0.2) is 53.4 Å². The molecule has 0 radical (unpaired) electrons. The molecule has 134 valence electrons. The number of carbonyl (C=O) groups is 1. The van der Waals surface area contributed by atoms with Crippen molar-refractivity contribution in [2.45, 2.75) is 38.3 Å². The van der Waals surface area contributed by atoms with Gasteiger partial charge in [0.15, 0.2) is 0 Å². The summed E-state index contributed by atoms with van der Waals surface area (Å²) in [6, 6.07) is 13.8. The molecule has 0 fully saturated rings. The van der Waals surface area contributed by atoms with E-state index in [9.17, 15) is 13.2 Å². The first-order valence-corrected chi connectivity index (χ1v) is 9.57. The van der Waals surface area contributed by atoms with Crippen LogP contribution in [-0.4, -0.2) is 31.7 Å². The van der Waals surface area contributed by atoms with E-state index in [0.717, 1.165) is 11.1 Å². The average molecular weight is 360 g/mol. The van der Waals surface area contributed by atoms with Gasteiger partial charge in [-0.05, 0) is 50.6 Å². The van der Waals surface area contributed by atoms with Gasteiger partial charge in [0, 0.05) is 25.2 Å². The van der Waals surface area contributed by atoms with Crippen LogP contribution in [0.3, 0.4) is 0 Å². The number of hydrogen-bond acceptors (Lipinski definition) is 3. The van der Waals surface area contributed by atoms with Crippen molar-refractivity contribution in [2.24, 2.45) is 0 Å². The highest BCUT2D eigenvalue weighted by atomic mass is 32.2. The average Bonchev–Trinajstić information content (AvgIpc) is 2.59. The van der Waals surface area contributed by atoms with Crippen LogP contribution in [0.1, 0.15) is 35.3 Å². The summed E-state index contributed by atoms with van der Waals surface area (Å²) >= 11 is 0. The third kappa shape index (κ3) is 4.67. The van der Waals surface area contributed by atoms with Gasteiger partial charge in [0.25, 0.3) is 5.91 Å². The van der Waals surface area contributed by atoms with E-state index in [4.69, 9.17) is 0 Å². The molecule has 0 aliphatic rings. The second-order valence-corrected chi connectivity index (χ2v) is 8.31. The first kappa shape index (κ1) is 19.1. The maximum atomic E-state index is 12.4. The smallest absolute Gasteiger partial charge is 0.251 e. The number of rotatable bonds is 6. The van der Waals surface area contributed by atoms with E-state index in [1.54, 1.807) is 7.05 Å². The first-order valence-electron chi connectivity index (χ1n) is 8.13. The first-order chi connectivity index (χ1) is 11.7. The summed E-state index contributed by atoms with van der Waals surface area (Å²) in [4.78, 5) is 12.4. The summed E-state index contributed by atoms with van der Waals surface area (Å²) < 4.78 is 26.2. The minimum atomic E-state index is -3.54. The second-order valence-electron chi connectivity index (χ2n) is 6.31. The van der Waals surface area contributed by atoms with Crippen LogP contribution < -0.4 is 5.32 Å². The lowest BCUT2D eigenvalue weighted by Crippen LogP contribution is -2.33. The molecule has 0 unspecified atom stereocenters. The van der Waals surface area contributed by atoms with Crippen molar-refractivity contribution in [3.63, 3.8) is 0 Å². The summed E-state index contributed by atoms with van der Waals surface area (Å²) in [5.41, 5.74) is 2.58. The lowest BCUT2D eigenvalue weighted by molar-refractivity contribution is 0.0951. The molecular weight excluding hydrogens is 336 g/mol. The number of aryl methyl sites for hydroxylation is 1. The SMILES string of the molecule is Cc1cccc(CNC(=O)c2ccc(S(=O)(=O)N(C)C(C)C)cc2)c1. The predicted octanol–water partition coefficient (Wildman–Crippen LogP) is 2.95. The number of hydrogen-bond donors (Lipinski definition) is 1. The molecule has 0 bridgehead atoms. The van der Waals surface area contributed by atoms with Gasteiger partial charge in [-0.15, -0.1) is 0 Å². The zero-order valence-electron chi connectivity index (χ0n) is 15.0. The van der Waals surface area contributed by atoms with Crippen molar-refractivity contribution in [3.05, 3.63) is 65.2 Å². The van der Waals surface area contributed by atoms with E-state index in [0.29, 0.717) is 12.1 Å². The molecule has 0 spiro atoms. The van der Waals surface area contributed by atoms with Gasteiger partial charge in [0.1, 0.15) is 0 Å². The Morgan fingerprint density at radius 3 is 2.32 bits per heavy atom. The maximum Gasteiger partial charge on any atom is 0.251 e. The number of sulfonamides is 1. The number of nitrogens with zero attached hydrogens (tertiary/aromatic N) is 1. The molecular formula is C19H24N2O3S. The van der Waals surface area contributed by atoms with Crippen molar-refractivity contribution in [1.82, 2.24) is 9.62 Å². The topological polar surface area (TPSA) is 66.5 Å². The highest BCUT2D eigenvalue weighted by Gasteiger charge is 2.23. The Morgan fingerprint density at radius 2 is 1.76 bits per heavy atom. The molecule has 5 nitrogen and oxygen atoms in total. The van der Waals surface area contributed by atoms with E-state index in [-0.39, 0.29) is 16.8 Å². The minimum Gasteiger partial charge on any atom is -0.348 e. The Hall–Kier alpha value is -2.18. The standard InChI is InChI=1S/C19H24N2O3S/c1-14(2)21(4)25(23,24)18-10-8-17(9-11-18)19(22)20-13-16-7-5-6-15(3)12-16/h5-12,14H,13H2,1-4H3,(H,20,22). The zero-order chi connectivity index (χ0) is 18.6. The summed E-state index contributed by atoms with van der Waals surface area (Å²) in [7, 11) is -1.99. The number of carbonyl (C=O) groups excluding carboxylic acids is 1. The molecule has 0 aliphatic carbocycles. The third-order valence-corrected chi connectivity index (χ3v) is 6.10. The summed E-state index contributed by atoms with van der Waals surface area (Å²) in [6.07, 6.45) is 0. The molecule has 0 saturated heterocycles. The van der Waals surface area contributed by atoms with E-state index >= 15 is 0 Å². The molecule has 0 aromatic heterocycles. The van der Waals surface area contributed by atoms with Gasteiger partial charge in [0.05, 0.1) is 4.90 Å². The van der Waals surface area contributed by atoms with Crippen LogP contribution in [-0.2, 0) is 16.6 Å². The lowest BCUT2D eigenvalue weighted by atomic mass is 10.1. The number of nitrogens with one attached hydrogen (secondary N) is 1. The van der Waals surface area contributed by atoms with E-state index < -0.39 is 10.0 Å². The van der Waals surface area contributed by atoms with Gasteiger partial charge in [0.2, 0.25) is 10.0 Å². The van der Waals surface area contributed by atoms with Gasteiger partial charge in [-0.25, -0.2) is 8.42 Å². The molecule has 6 heteroatoms. The highest BCUT2D eigenvalue weighted by molar-refractivity contribution is 7.89. The van der Waals surface area contributed by atoms with Crippen molar-refractivity contribution < 1.29 is 13.2 Å². The Kier molecular flexibility index (Phi) is 5.98. The minimum absolute atomic E-state index is 0.137. The summed E-state index contributed by atoms with van der Waals surface area (Å²) in [5.74, 6) is -0.234. The van der Waals surface area contributed by atoms with E-state index in [1.165, 1.54) is 28.6 Å². The fourth-order valence-corrected chi connectivity index (χ4v) is 3.70. The Morgan fingerprint density at radius 1 is 1.12 bits per heavy atom. The molecule has 0 aliphatic heterocycles. The van der Waals surface area contributed by atoms with Crippen LogP contribution in [0, 0.1) is 6.92 Å². The predicted molar refractivity (Wildman–Crippen MR) is 98.9 cm³/mol. The van der Waals surface area contributed by atoms with Gasteiger partial charge >= 0.3 is 0 Å². The molecule has 2 aromatic rings. The van der Waals surface area contributed by atoms with Crippen LogP contribution in [0.25, 0.3) is 0 Å². The maximum absolute atomic E-state index is 12.4. The number of benzene rings is 2. The summed E-state index contributed by atoms with van der Waals surface area (Å²) in [5, 5.41) is 2.84. The van der Waals surface area contributed by atoms with Crippen molar-refractivity contribution in [3.8, 4) is 0 Å². The van der Waals surface area contributed by atoms with Crippen molar-refractivity contribution in [1.29, 1.82) is 0 Å². The molecule has 0 saturated carbocycles. The van der Waals surface area contributed by atoms with Gasteiger partial charge in [-0.1, -0.05) is 29.8 Å². The largest absolute Gasteiger partial charge is 0.348 e. The van der Waals surface area contributed by atoms with E-state index in [1.807, 2.05) is 45.0 Å². The normalized spacial score (nSPS) is 11.8. The quantitative estimate of drug-likeness (QED) is 0.861. The summed E-state index contributed by atoms with van der Waals surface area (Å²) in [6.45, 7) is 6.05. The molecule has 2 aromatic carbocycles. The van der Waals surface area contributed by atoms with Gasteiger partial charge in [-0.2, -0.15) is 4.31 Å². The fraction of sp³-hybridized carbons (Fsp3) is 0.316. The van der Waals surface area contributed by atoms with Crippen LogP contribution >= 0.6 is 0 Å². The molecule has 2 rings (SSSR count). The fourth-order valence-electron chi connectivity index (χ4n) is 2.33. The van der Waals surface area contributed by atoms with Crippen molar-refractivity contribution in [2.75, 3.05) is 7.05 Å². The third-order valence-electron chi connectivity index (χ3n) is 4.06. The molecule has 0 atom stereocenters. The van der Waals surface area contributed by atoms with Crippen molar-refractivity contribution >= 4 is 15.9 Å². The molecule has 0 heterocycles. The van der Waals surface area contributed by atoms with Gasteiger partial charge in [-0.3, -0.25) is 4.79 Å². The highest BCUT2D eigenvalue weighted by Crippen LogP contribution is 2.17. The Labute approximate surface area is 149 Å². The Bertz CT molecular complexity index is 843.